The van der Waals surface area contributed by atoms with Crippen molar-refractivity contribution in [2.24, 2.45) is 0 Å². The minimum atomic E-state index is -0.479. The number of carbonyl (C=O) groups is 2. The minimum absolute atomic E-state index is 0.169. The zero-order valence-electron chi connectivity index (χ0n) is 15.6. The van der Waals surface area contributed by atoms with Crippen LogP contribution in [-0.4, -0.2) is 54.8 Å². The summed E-state index contributed by atoms with van der Waals surface area (Å²) in [5.41, 5.74) is 2.07. The average Bonchev–Trinajstić information content (AvgIpc) is 3.19. The number of esters is 1. The lowest BCUT2D eigenvalue weighted by molar-refractivity contribution is 0.0214. The van der Waals surface area contributed by atoms with Crippen molar-refractivity contribution in [1.82, 2.24) is 4.90 Å². The largest absolute Gasteiger partial charge is 0.465 e. The molecule has 2 saturated heterocycles. The van der Waals surface area contributed by atoms with E-state index in [4.69, 9.17) is 9.47 Å². The number of rotatable bonds is 3. The monoisotopic (exact) mass is 424 g/mol. The second kappa shape index (κ2) is 7.10. The van der Waals surface area contributed by atoms with E-state index in [1.807, 2.05) is 43.9 Å². The fourth-order valence-electron chi connectivity index (χ4n) is 3.71. The Hall–Kier alpha value is -1.76. The Morgan fingerprint density at radius 1 is 1.23 bits per heavy atom. The molecule has 2 atom stereocenters. The number of halogens is 1. The van der Waals surface area contributed by atoms with Crippen LogP contribution in [0.5, 0.6) is 0 Å². The summed E-state index contributed by atoms with van der Waals surface area (Å²) in [5.74, 6) is -0.329. The smallest absolute Gasteiger partial charge is 0.410 e. The molecule has 142 valence electrons. The highest BCUT2D eigenvalue weighted by Crippen LogP contribution is 2.36. The third-order valence-corrected chi connectivity index (χ3v) is 5.44. The number of methoxy groups -OCH3 is 1. The van der Waals surface area contributed by atoms with Gasteiger partial charge in [0, 0.05) is 30.1 Å². The SMILES string of the molecule is COC(=O)c1ccc(N2CC3CC2CN3C(=O)OC(C)(C)C)cc1CBr. The highest BCUT2D eigenvalue weighted by atomic mass is 79.9. The Labute approximate surface area is 162 Å². The van der Waals surface area contributed by atoms with Gasteiger partial charge >= 0.3 is 12.1 Å². The first-order valence-corrected chi connectivity index (χ1v) is 9.89. The van der Waals surface area contributed by atoms with Gasteiger partial charge in [-0.15, -0.1) is 0 Å². The number of alkyl halides is 1. The molecule has 2 bridgehead atoms. The number of ether oxygens (including phenoxy) is 2. The fourth-order valence-corrected chi connectivity index (χ4v) is 4.17. The molecule has 3 rings (SSSR count). The van der Waals surface area contributed by atoms with Gasteiger partial charge in [0.2, 0.25) is 0 Å². The number of anilines is 1. The Balaban J connectivity index is 1.73. The summed E-state index contributed by atoms with van der Waals surface area (Å²) in [6, 6.07) is 6.24. The number of piperazine rings is 1. The predicted molar refractivity (Wildman–Crippen MR) is 103 cm³/mol. The van der Waals surface area contributed by atoms with Crippen LogP contribution in [0.25, 0.3) is 0 Å². The number of amides is 1. The van der Waals surface area contributed by atoms with Crippen molar-refractivity contribution in [1.29, 1.82) is 0 Å². The van der Waals surface area contributed by atoms with Gasteiger partial charge in [0.15, 0.2) is 0 Å². The van der Waals surface area contributed by atoms with Gasteiger partial charge in [0.1, 0.15) is 5.60 Å². The molecule has 6 nitrogen and oxygen atoms in total. The van der Waals surface area contributed by atoms with Crippen molar-refractivity contribution in [2.45, 2.75) is 50.2 Å². The second-order valence-corrected chi connectivity index (χ2v) is 8.36. The molecule has 2 fully saturated rings. The molecule has 26 heavy (non-hydrogen) atoms. The van der Waals surface area contributed by atoms with Gasteiger partial charge in [-0.2, -0.15) is 0 Å². The van der Waals surface area contributed by atoms with Crippen LogP contribution in [0.3, 0.4) is 0 Å². The average molecular weight is 425 g/mol. The van der Waals surface area contributed by atoms with Gasteiger partial charge in [-0.25, -0.2) is 9.59 Å². The van der Waals surface area contributed by atoms with E-state index in [1.54, 1.807) is 0 Å². The lowest BCUT2D eigenvalue weighted by Crippen LogP contribution is -2.50. The van der Waals surface area contributed by atoms with Crippen molar-refractivity contribution in [3.63, 3.8) is 0 Å². The number of benzene rings is 1. The van der Waals surface area contributed by atoms with Crippen molar-refractivity contribution >= 4 is 33.7 Å². The Kier molecular flexibility index (Phi) is 5.19. The normalized spacial score (nSPS) is 21.9. The van der Waals surface area contributed by atoms with Crippen LogP contribution in [-0.2, 0) is 14.8 Å². The molecule has 1 aromatic rings. The molecule has 7 heteroatoms. The maximum absolute atomic E-state index is 12.4. The maximum atomic E-state index is 12.4. The number of likely N-dealkylation sites (tertiary alicyclic amines) is 1. The third kappa shape index (κ3) is 3.68. The van der Waals surface area contributed by atoms with E-state index >= 15 is 0 Å². The molecule has 1 amide bonds. The topological polar surface area (TPSA) is 59.1 Å². The predicted octanol–water partition coefficient (Wildman–Crippen LogP) is 3.57. The summed E-state index contributed by atoms with van der Waals surface area (Å²) in [6.45, 7) is 7.10. The Morgan fingerprint density at radius 3 is 2.50 bits per heavy atom. The van der Waals surface area contributed by atoms with Crippen LogP contribution in [0.15, 0.2) is 18.2 Å². The van der Waals surface area contributed by atoms with Crippen molar-refractivity contribution in [3.05, 3.63) is 29.3 Å². The van der Waals surface area contributed by atoms with Crippen LogP contribution in [0.1, 0.15) is 43.1 Å². The summed E-state index contributed by atoms with van der Waals surface area (Å²) < 4.78 is 10.4. The molecule has 1 aromatic carbocycles. The molecule has 0 aromatic heterocycles. The van der Waals surface area contributed by atoms with Crippen LogP contribution in [0.2, 0.25) is 0 Å². The Bertz CT molecular complexity index is 716. The van der Waals surface area contributed by atoms with Gasteiger partial charge in [0.25, 0.3) is 0 Å². The van der Waals surface area contributed by atoms with Gasteiger partial charge in [-0.05, 0) is 51.0 Å². The molecule has 2 aliphatic rings. The summed E-state index contributed by atoms with van der Waals surface area (Å²) in [6.07, 6.45) is 0.716. The highest BCUT2D eigenvalue weighted by molar-refractivity contribution is 9.08. The molecule has 2 heterocycles. The number of nitrogens with zero attached hydrogens (tertiary/aromatic N) is 2. The number of hydrogen-bond acceptors (Lipinski definition) is 5. The summed E-state index contributed by atoms with van der Waals surface area (Å²) in [5, 5.41) is 0.581. The van der Waals surface area contributed by atoms with Crippen LogP contribution < -0.4 is 4.90 Å². The van der Waals surface area contributed by atoms with Crippen LogP contribution in [0, 0.1) is 0 Å². The molecule has 0 spiro atoms. The standard InChI is InChI=1S/C19H25BrN2O4/c1-19(2,3)26-18(24)22-11-14-8-15(22)10-21(14)13-5-6-16(17(23)25-4)12(7-13)9-20/h5-7,14-15H,8-11H2,1-4H3. The zero-order chi connectivity index (χ0) is 19.1. The minimum Gasteiger partial charge on any atom is -0.465 e. The van der Waals surface area contributed by atoms with Gasteiger partial charge in [-0.1, -0.05) is 15.9 Å². The summed E-state index contributed by atoms with van der Waals surface area (Å²) in [7, 11) is 1.39. The molecule has 2 aliphatic heterocycles. The van der Waals surface area contributed by atoms with Gasteiger partial charge in [0.05, 0.1) is 18.7 Å². The number of hydrogen-bond donors (Lipinski definition) is 0. The van der Waals surface area contributed by atoms with Crippen molar-refractivity contribution in [2.75, 3.05) is 25.1 Å². The first-order chi connectivity index (χ1) is 12.2. The molecule has 0 N–H and O–H groups in total. The van der Waals surface area contributed by atoms with Crippen molar-refractivity contribution in [3.8, 4) is 0 Å². The van der Waals surface area contributed by atoms with Gasteiger partial charge < -0.3 is 19.3 Å². The third-order valence-electron chi connectivity index (χ3n) is 4.84. The highest BCUT2D eigenvalue weighted by Gasteiger charge is 2.46. The van der Waals surface area contributed by atoms with E-state index < -0.39 is 5.60 Å². The number of carbonyl (C=O) groups excluding carboxylic acids is 2. The summed E-state index contributed by atoms with van der Waals surface area (Å²) in [4.78, 5) is 28.4. The zero-order valence-corrected chi connectivity index (χ0v) is 17.2. The molecule has 0 saturated carbocycles. The first kappa shape index (κ1) is 19.0. The Morgan fingerprint density at radius 2 is 1.96 bits per heavy atom. The lowest BCUT2D eigenvalue weighted by Gasteiger charge is -2.36. The van der Waals surface area contributed by atoms with Crippen LogP contribution in [0.4, 0.5) is 10.5 Å². The van der Waals surface area contributed by atoms with E-state index in [0.717, 1.165) is 24.2 Å². The number of fused-ring (bicyclic) bond motifs is 2. The quantitative estimate of drug-likeness (QED) is 0.548. The van der Waals surface area contributed by atoms with E-state index in [-0.39, 0.29) is 24.1 Å². The van der Waals surface area contributed by atoms with E-state index in [9.17, 15) is 9.59 Å². The maximum Gasteiger partial charge on any atom is 0.410 e. The van der Waals surface area contributed by atoms with E-state index in [0.29, 0.717) is 17.4 Å². The first-order valence-electron chi connectivity index (χ1n) is 8.77. The fraction of sp³-hybridized carbons (Fsp3) is 0.579. The molecule has 0 aliphatic carbocycles. The summed E-state index contributed by atoms with van der Waals surface area (Å²) >= 11 is 3.45. The lowest BCUT2D eigenvalue weighted by atomic mass is 10.1. The second-order valence-electron chi connectivity index (χ2n) is 7.80. The molecule has 0 radical (unpaired) electrons. The van der Waals surface area contributed by atoms with E-state index in [1.165, 1.54) is 7.11 Å². The van der Waals surface area contributed by atoms with Gasteiger partial charge in [-0.3, -0.25) is 0 Å². The molecule has 2 unspecified atom stereocenters. The van der Waals surface area contributed by atoms with Crippen LogP contribution >= 0.6 is 15.9 Å². The van der Waals surface area contributed by atoms with E-state index in [2.05, 4.69) is 20.8 Å². The molecular formula is C19H25BrN2O4. The van der Waals surface area contributed by atoms with Crippen molar-refractivity contribution < 1.29 is 19.1 Å². The molecular weight excluding hydrogens is 400 g/mol.